The highest BCUT2D eigenvalue weighted by molar-refractivity contribution is 14.0. The maximum Gasteiger partial charge on any atom is 0.231 e. The summed E-state index contributed by atoms with van der Waals surface area (Å²) in [5.74, 6) is 2.80. The number of benzene rings is 1. The summed E-state index contributed by atoms with van der Waals surface area (Å²) in [6, 6.07) is 6.52. The number of guanidine groups is 1. The summed E-state index contributed by atoms with van der Waals surface area (Å²) < 4.78 is 16.9. The Morgan fingerprint density at radius 2 is 1.93 bits per heavy atom. The second-order valence-corrected chi connectivity index (χ2v) is 9.28. The van der Waals surface area contributed by atoms with Gasteiger partial charge in [-0.25, -0.2) is 0 Å². The number of halogens is 1. The minimum Gasteiger partial charge on any atom is -0.454 e. The van der Waals surface area contributed by atoms with Crippen molar-refractivity contribution >= 4 is 29.9 Å². The molecule has 0 bridgehead atoms. The predicted molar refractivity (Wildman–Crippen MR) is 128 cm³/mol. The number of ether oxygens (including phenoxy) is 3. The van der Waals surface area contributed by atoms with Crippen molar-refractivity contribution in [3.63, 3.8) is 0 Å². The number of rotatable bonds is 3. The molecule has 1 spiro atoms. The van der Waals surface area contributed by atoms with E-state index < -0.39 is 0 Å². The highest BCUT2D eigenvalue weighted by atomic mass is 127. The molecule has 1 saturated carbocycles. The number of nitrogens with one attached hydrogen (secondary N) is 1. The molecular formula is C23H34IN3O3. The number of hydrogen-bond acceptors (Lipinski definition) is 4. The maximum atomic E-state index is 5.70. The zero-order chi connectivity index (χ0) is 19.7. The van der Waals surface area contributed by atoms with Crippen molar-refractivity contribution in [2.45, 2.75) is 50.4 Å². The average molecular weight is 527 g/mol. The Morgan fingerprint density at radius 3 is 2.70 bits per heavy atom. The van der Waals surface area contributed by atoms with E-state index in [9.17, 15) is 0 Å². The van der Waals surface area contributed by atoms with Crippen molar-refractivity contribution in [2.75, 3.05) is 46.7 Å². The first kappa shape index (κ1) is 22.0. The molecule has 30 heavy (non-hydrogen) atoms. The second-order valence-electron chi connectivity index (χ2n) is 9.28. The van der Waals surface area contributed by atoms with Crippen LogP contribution in [0.1, 0.15) is 50.5 Å². The molecule has 1 aliphatic carbocycles. The van der Waals surface area contributed by atoms with Crippen LogP contribution in [-0.4, -0.2) is 57.5 Å². The van der Waals surface area contributed by atoms with Crippen LogP contribution >= 0.6 is 24.0 Å². The number of fused-ring (bicyclic) bond motifs is 1. The Labute approximate surface area is 196 Å². The van der Waals surface area contributed by atoms with E-state index in [0.717, 1.165) is 50.3 Å². The lowest BCUT2D eigenvalue weighted by atomic mass is 9.69. The van der Waals surface area contributed by atoms with Gasteiger partial charge in [0, 0.05) is 44.1 Å². The number of likely N-dealkylation sites (tertiary alicyclic amines) is 1. The SMILES string of the molecule is CN=C(NCC1(c2ccc3c(c2)OCO3)CCCCC1)N1CCC2(CCOC2)C1.I. The molecule has 3 aliphatic heterocycles. The molecule has 0 aromatic heterocycles. The summed E-state index contributed by atoms with van der Waals surface area (Å²) in [7, 11) is 1.91. The van der Waals surface area contributed by atoms with Crippen molar-refractivity contribution in [1.82, 2.24) is 10.2 Å². The number of hydrogen-bond donors (Lipinski definition) is 1. The van der Waals surface area contributed by atoms with Gasteiger partial charge in [0.2, 0.25) is 6.79 Å². The zero-order valence-electron chi connectivity index (χ0n) is 18.0. The van der Waals surface area contributed by atoms with Crippen LogP contribution in [0.3, 0.4) is 0 Å². The van der Waals surface area contributed by atoms with E-state index in [0.29, 0.717) is 12.2 Å². The molecule has 1 unspecified atom stereocenters. The molecule has 1 aromatic carbocycles. The fraction of sp³-hybridized carbons (Fsp3) is 0.696. The first-order valence-electron chi connectivity index (χ1n) is 11.2. The van der Waals surface area contributed by atoms with E-state index in [2.05, 4.69) is 33.4 Å². The fourth-order valence-corrected chi connectivity index (χ4v) is 5.69. The summed E-state index contributed by atoms with van der Waals surface area (Å²) in [5, 5.41) is 3.76. The van der Waals surface area contributed by atoms with Crippen molar-refractivity contribution in [2.24, 2.45) is 10.4 Å². The van der Waals surface area contributed by atoms with Crippen LogP contribution in [0.25, 0.3) is 0 Å². The molecule has 1 atom stereocenters. The minimum atomic E-state index is 0. The van der Waals surface area contributed by atoms with Crippen LogP contribution in [0, 0.1) is 5.41 Å². The summed E-state index contributed by atoms with van der Waals surface area (Å²) in [4.78, 5) is 7.07. The summed E-state index contributed by atoms with van der Waals surface area (Å²) >= 11 is 0. The van der Waals surface area contributed by atoms with Crippen LogP contribution < -0.4 is 14.8 Å². The molecular weight excluding hydrogens is 493 g/mol. The largest absolute Gasteiger partial charge is 0.454 e. The van der Waals surface area contributed by atoms with Crippen molar-refractivity contribution in [3.05, 3.63) is 23.8 Å². The molecule has 1 N–H and O–H groups in total. The predicted octanol–water partition coefficient (Wildman–Crippen LogP) is 3.92. The molecule has 1 aromatic rings. The third kappa shape index (κ3) is 4.11. The first-order valence-corrected chi connectivity index (χ1v) is 11.2. The Balaban J connectivity index is 0.00000218. The molecule has 0 radical (unpaired) electrons. The molecule has 0 amide bonds. The summed E-state index contributed by atoms with van der Waals surface area (Å²) in [6.07, 6.45) is 8.68. The third-order valence-electron chi connectivity index (χ3n) is 7.52. The van der Waals surface area contributed by atoms with E-state index in [-0.39, 0.29) is 29.4 Å². The van der Waals surface area contributed by atoms with Crippen molar-refractivity contribution < 1.29 is 14.2 Å². The van der Waals surface area contributed by atoms with Gasteiger partial charge in [-0.1, -0.05) is 25.3 Å². The van der Waals surface area contributed by atoms with E-state index >= 15 is 0 Å². The van der Waals surface area contributed by atoms with Crippen molar-refractivity contribution in [1.29, 1.82) is 0 Å². The van der Waals surface area contributed by atoms with Gasteiger partial charge in [0.25, 0.3) is 0 Å². The topological polar surface area (TPSA) is 55.3 Å². The van der Waals surface area contributed by atoms with E-state index in [1.165, 1.54) is 50.5 Å². The van der Waals surface area contributed by atoms with Gasteiger partial charge in [0.1, 0.15) is 0 Å². The third-order valence-corrected chi connectivity index (χ3v) is 7.52. The lowest BCUT2D eigenvalue weighted by Crippen LogP contribution is -2.48. The summed E-state index contributed by atoms with van der Waals surface area (Å²) in [6.45, 7) is 5.19. The molecule has 5 rings (SSSR count). The normalized spacial score (nSPS) is 27.4. The molecule has 2 saturated heterocycles. The Bertz CT molecular complexity index is 773. The van der Waals surface area contributed by atoms with E-state index in [1.807, 2.05) is 7.05 Å². The quantitative estimate of drug-likeness (QED) is 0.367. The van der Waals surface area contributed by atoms with Gasteiger partial charge in [-0.3, -0.25) is 4.99 Å². The maximum absolute atomic E-state index is 5.70. The Morgan fingerprint density at radius 1 is 1.10 bits per heavy atom. The summed E-state index contributed by atoms with van der Waals surface area (Å²) in [5.41, 5.74) is 1.84. The lowest BCUT2D eigenvalue weighted by molar-refractivity contribution is 0.156. The smallest absolute Gasteiger partial charge is 0.231 e. The van der Waals surface area contributed by atoms with Crippen LogP contribution in [0.4, 0.5) is 0 Å². The first-order chi connectivity index (χ1) is 14.2. The highest BCUT2D eigenvalue weighted by Gasteiger charge is 2.43. The molecule has 6 nitrogen and oxygen atoms in total. The number of aliphatic imine (C=N–C) groups is 1. The fourth-order valence-electron chi connectivity index (χ4n) is 5.69. The van der Waals surface area contributed by atoms with Crippen LogP contribution in [-0.2, 0) is 10.2 Å². The van der Waals surface area contributed by atoms with Gasteiger partial charge in [-0.05, 0) is 43.4 Å². The standard InChI is InChI=1S/C23H33N3O3.HI/c1-24-21(26-11-9-22(15-26)10-12-27-16-22)25-14-23(7-3-2-4-8-23)18-5-6-19-20(13-18)29-17-28-19;/h5-6,13H,2-4,7-12,14-17H2,1H3,(H,24,25);1H. The van der Waals surface area contributed by atoms with Gasteiger partial charge in [0.05, 0.1) is 6.61 Å². The molecule has 3 heterocycles. The van der Waals surface area contributed by atoms with Crippen LogP contribution in [0.15, 0.2) is 23.2 Å². The van der Waals surface area contributed by atoms with Crippen LogP contribution in [0.2, 0.25) is 0 Å². The number of nitrogens with zero attached hydrogens (tertiary/aromatic N) is 2. The Kier molecular flexibility index (Phi) is 6.67. The monoisotopic (exact) mass is 527 g/mol. The van der Waals surface area contributed by atoms with Gasteiger partial charge in [0.15, 0.2) is 17.5 Å². The van der Waals surface area contributed by atoms with Gasteiger partial charge >= 0.3 is 0 Å². The average Bonchev–Trinajstić information content (AvgIpc) is 3.51. The van der Waals surface area contributed by atoms with E-state index in [1.54, 1.807) is 0 Å². The van der Waals surface area contributed by atoms with Gasteiger partial charge in [-0.2, -0.15) is 0 Å². The molecule has 7 heteroatoms. The Hall–Kier alpha value is -1.22. The van der Waals surface area contributed by atoms with Gasteiger partial charge < -0.3 is 24.4 Å². The lowest BCUT2D eigenvalue weighted by Gasteiger charge is -2.39. The van der Waals surface area contributed by atoms with Crippen LogP contribution in [0.5, 0.6) is 11.5 Å². The molecule has 3 fully saturated rings. The molecule has 4 aliphatic rings. The molecule has 166 valence electrons. The van der Waals surface area contributed by atoms with Gasteiger partial charge in [-0.15, -0.1) is 24.0 Å². The zero-order valence-corrected chi connectivity index (χ0v) is 20.3. The second kappa shape index (κ2) is 9.10. The highest BCUT2D eigenvalue weighted by Crippen LogP contribution is 2.43. The van der Waals surface area contributed by atoms with Crippen molar-refractivity contribution in [3.8, 4) is 11.5 Å². The minimum absolute atomic E-state index is 0. The van der Waals surface area contributed by atoms with E-state index in [4.69, 9.17) is 14.2 Å².